The van der Waals surface area contributed by atoms with Crippen molar-refractivity contribution in [2.45, 2.75) is 37.2 Å². The van der Waals surface area contributed by atoms with Crippen LogP contribution in [0.1, 0.15) is 20.3 Å². The number of amides is 1. The summed E-state index contributed by atoms with van der Waals surface area (Å²) in [5.74, 6) is -0.408. The Labute approximate surface area is 171 Å². The molecule has 2 aromatic carbocycles. The van der Waals surface area contributed by atoms with Crippen LogP contribution in [-0.2, 0) is 11.3 Å². The smallest absolute Gasteiger partial charge is 0.292 e. The van der Waals surface area contributed by atoms with Crippen LogP contribution in [0.5, 0.6) is 0 Å². The lowest BCUT2D eigenvalue weighted by atomic mass is 10.2. The fraction of sp³-hybridized carbons (Fsp3) is 0.250. The lowest BCUT2D eigenvalue weighted by molar-refractivity contribution is -0.383. The van der Waals surface area contributed by atoms with Crippen LogP contribution in [0, 0.1) is 10.1 Å². The summed E-state index contributed by atoms with van der Waals surface area (Å²) in [6.07, 6.45) is 0.740. The summed E-state index contributed by atoms with van der Waals surface area (Å²) < 4.78 is 1.57. The molecule has 0 saturated carbocycles. The topological polar surface area (TPSA) is 107 Å². The van der Waals surface area contributed by atoms with E-state index in [0.29, 0.717) is 22.6 Å². The van der Waals surface area contributed by atoms with Crippen molar-refractivity contribution < 1.29 is 9.72 Å². The van der Waals surface area contributed by atoms with Gasteiger partial charge >= 0.3 is 0 Å². The number of fused-ring (bicyclic) bond motifs is 1. The normalized spacial score (nSPS) is 11.9. The van der Waals surface area contributed by atoms with Crippen molar-refractivity contribution in [3.05, 3.63) is 69.0 Å². The number of carbonyl (C=O) groups is 1. The average Bonchev–Trinajstić information content (AvgIpc) is 2.71. The first-order valence-electron chi connectivity index (χ1n) is 9.13. The van der Waals surface area contributed by atoms with Gasteiger partial charge in [-0.05, 0) is 31.5 Å². The summed E-state index contributed by atoms with van der Waals surface area (Å²) in [7, 11) is 0. The molecule has 0 radical (unpaired) electrons. The molecule has 0 aliphatic carbocycles. The van der Waals surface area contributed by atoms with Gasteiger partial charge in [-0.3, -0.25) is 24.3 Å². The van der Waals surface area contributed by atoms with Crippen LogP contribution in [0.4, 0.5) is 11.4 Å². The second-order valence-electron chi connectivity index (χ2n) is 6.39. The Morgan fingerprint density at radius 3 is 2.66 bits per heavy atom. The Hall–Kier alpha value is -3.20. The van der Waals surface area contributed by atoms with E-state index in [-0.39, 0.29) is 16.9 Å². The van der Waals surface area contributed by atoms with Crippen LogP contribution in [-0.4, -0.2) is 25.6 Å². The quantitative estimate of drug-likeness (QED) is 0.273. The van der Waals surface area contributed by atoms with Gasteiger partial charge in [-0.15, -0.1) is 0 Å². The van der Waals surface area contributed by atoms with Crippen LogP contribution in [0.3, 0.4) is 0 Å². The van der Waals surface area contributed by atoms with Crippen LogP contribution in [0.15, 0.2) is 58.5 Å². The molecule has 0 saturated heterocycles. The van der Waals surface area contributed by atoms with Gasteiger partial charge in [0.05, 0.1) is 21.1 Å². The van der Waals surface area contributed by atoms with Crippen LogP contribution in [0.25, 0.3) is 10.9 Å². The molecule has 1 heterocycles. The highest BCUT2D eigenvalue weighted by Crippen LogP contribution is 2.27. The van der Waals surface area contributed by atoms with E-state index < -0.39 is 16.1 Å². The maximum atomic E-state index is 12.8. The molecule has 0 fully saturated rings. The minimum Gasteiger partial charge on any atom is -0.319 e. The molecule has 0 aliphatic rings. The first kappa shape index (κ1) is 20.5. The second-order valence-corrected chi connectivity index (χ2v) is 7.70. The molecule has 8 nitrogen and oxygen atoms in total. The zero-order valence-corrected chi connectivity index (χ0v) is 16.8. The Kier molecular flexibility index (Phi) is 6.28. The second kappa shape index (κ2) is 8.87. The maximum absolute atomic E-state index is 12.8. The molecular formula is C20H20N4O4S. The molecule has 3 rings (SSSR count). The van der Waals surface area contributed by atoms with E-state index in [1.165, 1.54) is 18.2 Å². The summed E-state index contributed by atoms with van der Waals surface area (Å²) in [5, 5.41) is 14.1. The van der Waals surface area contributed by atoms with Crippen molar-refractivity contribution in [1.82, 2.24) is 9.55 Å². The molecule has 1 unspecified atom stereocenters. The molecule has 150 valence electrons. The minimum absolute atomic E-state index is 0.132. The predicted molar refractivity (Wildman–Crippen MR) is 113 cm³/mol. The fourth-order valence-electron chi connectivity index (χ4n) is 2.84. The number of nitro groups is 1. The molecule has 0 bridgehead atoms. The summed E-state index contributed by atoms with van der Waals surface area (Å²) >= 11 is 1.15. The molecule has 1 atom stereocenters. The van der Waals surface area contributed by atoms with E-state index in [1.807, 2.05) is 6.92 Å². The van der Waals surface area contributed by atoms with E-state index in [4.69, 9.17) is 0 Å². The van der Waals surface area contributed by atoms with Gasteiger partial charge in [0.2, 0.25) is 5.91 Å². The molecule has 0 aliphatic heterocycles. The summed E-state index contributed by atoms with van der Waals surface area (Å²) in [5.41, 5.74) is 0.377. The first-order chi connectivity index (χ1) is 13.9. The number of anilines is 1. The molecule has 29 heavy (non-hydrogen) atoms. The van der Waals surface area contributed by atoms with E-state index in [1.54, 1.807) is 41.8 Å². The maximum Gasteiger partial charge on any atom is 0.292 e. The number of nitrogens with zero attached hydrogens (tertiary/aromatic N) is 3. The van der Waals surface area contributed by atoms with Gasteiger partial charge in [0, 0.05) is 12.6 Å². The molecule has 0 spiro atoms. The van der Waals surface area contributed by atoms with Crippen molar-refractivity contribution in [2.75, 3.05) is 5.32 Å². The molecule has 1 amide bonds. The van der Waals surface area contributed by atoms with Crippen molar-refractivity contribution in [1.29, 1.82) is 0 Å². The molecule has 1 aromatic heterocycles. The van der Waals surface area contributed by atoms with Crippen LogP contribution < -0.4 is 10.9 Å². The number of para-hydroxylation sites is 3. The fourth-order valence-corrected chi connectivity index (χ4v) is 3.78. The lowest BCUT2D eigenvalue weighted by Crippen LogP contribution is -2.27. The van der Waals surface area contributed by atoms with Gasteiger partial charge in [-0.1, -0.05) is 43.0 Å². The number of hydrogen-bond donors (Lipinski definition) is 1. The molecule has 1 N–H and O–H groups in total. The Morgan fingerprint density at radius 1 is 1.24 bits per heavy atom. The van der Waals surface area contributed by atoms with Gasteiger partial charge in [-0.2, -0.15) is 0 Å². The zero-order chi connectivity index (χ0) is 21.0. The summed E-state index contributed by atoms with van der Waals surface area (Å²) in [6, 6.07) is 13.0. The highest BCUT2D eigenvalue weighted by molar-refractivity contribution is 8.00. The molecule has 9 heteroatoms. The monoisotopic (exact) mass is 412 g/mol. The number of rotatable bonds is 7. The van der Waals surface area contributed by atoms with Crippen LogP contribution >= 0.6 is 11.8 Å². The van der Waals surface area contributed by atoms with E-state index in [2.05, 4.69) is 10.3 Å². The van der Waals surface area contributed by atoms with E-state index >= 15 is 0 Å². The summed E-state index contributed by atoms with van der Waals surface area (Å²) in [4.78, 5) is 40.6. The van der Waals surface area contributed by atoms with Gasteiger partial charge in [0.15, 0.2) is 5.16 Å². The first-order valence-corrected chi connectivity index (χ1v) is 10.0. The Bertz CT molecular complexity index is 1130. The number of carbonyl (C=O) groups excluding carboxylic acids is 1. The van der Waals surface area contributed by atoms with Crippen molar-refractivity contribution in [2.24, 2.45) is 0 Å². The van der Waals surface area contributed by atoms with Crippen molar-refractivity contribution >= 4 is 39.9 Å². The van der Waals surface area contributed by atoms with E-state index in [9.17, 15) is 19.7 Å². The number of thioether (sulfide) groups is 1. The minimum atomic E-state index is -0.619. The highest BCUT2D eigenvalue weighted by atomic mass is 32.2. The number of benzene rings is 2. The number of nitrogens with one attached hydrogen (secondary N) is 1. The summed E-state index contributed by atoms with van der Waals surface area (Å²) in [6.45, 7) is 4.12. The Balaban J connectivity index is 1.88. The van der Waals surface area contributed by atoms with Gasteiger partial charge < -0.3 is 5.32 Å². The lowest BCUT2D eigenvalue weighted by Gasteiger charge is -2.16. The number of nitro benzene ring substituents is 1. The predicted octanol–water partition coefficient (Wildman–Crippen LogP) is 3.83. The number of hydrogen-bond acceptors (Lipinski definition) is 6. The standard InChI is InChI=1S/C20H20N4O4S/c1-3-12-23-19(26)14-8-4-5-9-15(14)22-20(23)29-13(2)18(25)21-16-10-6-7-11-17(16)24(27)28/h4-11,13H,3,12H2,1-2H3,(H,21,25). The number of aromatic nitrogens is 2. The van der Waals surface area contributed by atoms with Gasteiger partial charge in [-0.25, -0.2) is 4.98 Å². The van der Waals surface area contributed by atoms with Crippen LogP contribution in [0.2, 0.25) is 0 Å². The van der Waals surface area contributed by atoms with E-state index in [0.717, 1.165) is 18.2 Å². The zero-order valence-electron chi connectivity index (χ0n) is 16.0. The Morgan fingerprint density at radius 2 is 1.93 bits per heavy atom. The molecular weight excluding hydrogens is 392 g/mol. The third-order valence-corrected chi connectivity index (χ3v) is 5.37. The molecule has 3 aromatic rings. The highest BCUT2D eigenvalue weighted by Gasteiger charge is 2.22. The third kappa shape index (κ3) is 4.45. The largest absolute Gasteiger partial charge is 0.319 e. The SMILES string of the molecule is CCCn1c(SC(C)C(=O)Nc2ccccc2[N+](=O)[O-])nc2ccccc2c1=O. The van der Waals surface area contributed by atoms with Crippen molar-refractivity contribution in [3.63, 3.8) is 0 Å². The van der Waals surface area contributed by atoms with Gasteiger partial charge in [0.25, 0.3) is 11.2 Å². The van der Waals surface area contributed by atoms with Gasteiger partial charge in [0.1, 0.15) is 5.69 Å². The van der Waals surface area contributed by atoms with Crippen molar-refractivity contribution in [3.8, 4) is 0 Å². The third-order valence-electron chi connectivity index (χ3n) is 4.28. The average molecular weight is 412 g/mol.